The number of hydrogen-bond donors (Lipinski definition) is 1. The van der Waals surface area contributed by atoms with Crippen molar-refractivity contribution in [3.63, 3.8) is 0 Å². The van der Waals surface area contributed by atoms with Crippen LogP contribution in [0.4, 0.5) is 11.4 Å². The van der Waals surface area contributed by atoms with Crippen LogP contribution in [0.2, 0.25) is 0 Å². The van der Waals surface area contributed by atoms with Crippen LogP contribution in [0.15, 0.2) is 42.5 Å². The Bertz CT molecular complexity index is 875. The van der Waals surface area contributed by atoms with E-state index in [1.54, 1.807) is 24.3 Å². The molecule has 1 N–H and O–H groups in total. The SMILES string of the molecule is CC(C)COc1cc(N(C)C)ccc1/C=C/C(=O)Nc1ccc2c(c1)OCO2. The Morgan fingerprint density at radius 3 is 2.71 bits per heavy atom. The summed E-state index contributed by atoms with van der Waals surface area (Å²) in [5.41, 5.74) is 2.55. The van der Waals surface area contributed by atoms with Crippen molar-refractivity contribution in [2.24, 2.45) is 5.92 Å². The van der Waals surface area contributed by atoms with E-state index in [0.717, 1.165) is 17.0 Å². The molecule has 3 rings (SSSR count). The van der Waals surface area contributed by atoms with Gasteiger partial charge in [-0.3, -0.25) is 4.79 Å². The predicted molar refractivity (Wildman–Crippen MR) is 111 cm³/mol. The lowest BCUT2D eigenvalue weighted by Gasteiger charge is -2.17. The Balaban J connectivity index is 1.72. The standard InChI is InChI=1S/C22H26N2O4/c1-15(2)13-26-20-12-18(24(3)4)8-5-16(20)6-10-22(25)23-17-7-9-19-21(11-17)28-14-27-19/h5-12,15H,13-14H2,1-4H3,(H,23,25)/b10-6+. The molecule has 0 atom stereocenters. The molecule has 1 aliphatic heterocycles. The van der Waals surface area contributed by atoms with E-state index in [-0.39, 0.29) is 12.7 Å². The molecule has 1 amide bonds. The molecular weight excluding hydrogens is 356 g/mol. The number of nitrogens with zero attached hydrogens (tertiary/aromatic N) is 1. The number of hydrogen-bond acceptors (Lipinski definition) is 5. The van der Waals surface area contributed by atoms with Crippen LogP contribution in [-0.2, 0) is 4.79 Å². The molecule has 6 heteroatoms. The van der Waals surface area contributed by atoms with Gasteiger partial charge in [0.1, 0.15) is 5.75 Å². The molecule has 0 saturated carbocycles. The van der Waals surface area contributed by atoms with Crippen molar-refractivity contribution in [2.75, 3.05) is 37.7 Å². The number of rotatable bonds is 7. The molecule has 2 aromatic rings. The molecule has 1 heterocycles. The smallest absolute Gasteiger partial charge is 0.248 e. The van der Waals surface area contributed by atoms with Crippen LogP contribution in [-0.4, -0.2) is 33.4 Å². The van der Waals surface area contributed by atoms with E-state index in [0.29, 0.717) is 29.7 Å². The summed E-state index contributed by atoms with van der Waals surface area (Å²) in [6, 6.07) is 11.2. The molecule has 2 aromatic carbocycles. The second-order valence-electron chi connectivity index (χ2n) is 7.21. The monoisotopic (exact) mass is 382 g/mol. The summed E-state index contributed by atoms with van der Waals surface area (Å²) in [7, 11) is 3.96. The number of amides is 1. The Kier molecular flexibility index (Phi) is 6.09. The molecule has 0 aromatic heterocycles. The summed E-state index contributed by atoms with van der Waals surface area (Å²) < 4.78 is 16.6. The van der Waals surface area contributed by atoms with Crippen molar-refractivity contribution in [3.05, 3.63) is 48.0 Å². The summed E-state index contributed by atoms with van der Waals surface area (Å²) in [6.45, 7) is 5.02. The van der Waals surface area contributed by atoms with Gasteiger partial charge in [0.15, 0.2) is 11.5 Å². The zero-order chi connectivity index (χ0) is 20.1. The Labute approximate surface area is 165 Å². The largest absolute Gasteiger partial charge is 0.493 e. The molecule has 0 saturated heterocycles. The topological polar surface area (TPSA) is 60.0 Å². The van der Waals surface area contributed by atoms with E-state index >= 15 is 0 Å². The minimum Gasteiger partial charge on any atom is -0.493 e. The first-order valence-corrected chi connectivity index (χ1v) is 9.25. The third-order valence-electron chi connectivity index (χ3n) is 4.14. The molecule has 0 bridgehead atoms. The van der Waals surface area contributed by atoms with Gasteiger partial charge in [-0.25, -0.2) is 0 Å². The van der Waals surface area contributed by atoms with Crippen molar-refractivity contribution in [3.8, 4) is 17.2 Å². The van der Waals surface area contributed by atoms with Crippen LogP contribution < -0.4 is 24.4 Å². The molecule has 148 valence electrons. The molecule has 6 nitrogen and oxygen atoms in total. The average Bonchev–Trinajstić information content (AvgIpc) is 3.12. The number of ether oxygens (including phenoxy) is 3. The lowest BCUT2D eigenvalue weighted by atomic mass is 10.1. The maximum absolute atomic E-state index is 12.3. The third kappa shape index (κ3) is 4.97. The van der Waals surface area contributed by atoms with E-state index in [1.807, 2.05) is 37.2 Å². The average molecular weight is 382 g/mol. The molecule has 28 heavy (non-hydrogen) atoms. The summed E-state index contributed by atoms with van der Waals surface area (Å²) >= 11 is 0. The zero-order valence-electron chi connectivity index (χ0n) is 16.7. The van der Waals surface area contributed by atoms with Crippen LogP contribution in [0.1, 0.15) is 19.4 Å². The summed E-state index contributed by atoms with van der Waals surface area (Å²) in [6.07, 6.45) is 3.26. The molecule has 0 radical (unpaired) electrons. The first kappa shape index (κ1) is 19.6. The fourth-order valence-electron chi connectivity index (χ4n) is 2.64. The van der Waals surface area contributed by atoms with Gasteiger partial charge in [0.25, 0.3) is 0 Å². The number of benzene rings is 2. The Morgan fingerprint density at radius 2 is 1.96 bits per heavy atom. The van der Waals surface area contributed by atoms with Crippen LogP contribution in [0, 0.1) is 5.92 Å². The number of carbonyl (C=O) groups excluding carboxylic acids is 1. The summed E-state index contributed by atoms with van der Waals surface area (Å²) in [4.78, 5) is 14.3. The van der Waals surface area contributed by atoms with Gasteiger partial charge in [-0.1, -0.05) is 13.8 Å². The highest BCUT2D eigenvalue weighted by molar-refractivity contribution is 6.02. The second kappa shape index (κ2) is 8.69. The van der Waals surface area contributed by atoms with Crippen LogP contribution in [0.25, 0.3) is 6.08 Å². The number of fused-ring (bicyclic) bond motifs is 1. The van der Waals surface area contributed by atoms with Crippen LogP contribution in [0.5, 0.6) is 17.2 Å². The highest BCUT2D eigenvalue weighted by atomic mass is 16.7. The Morgan fingerprint density at radius 1 is 1.18 bits per heavy atom. The van der Waals surface area contributed by atoms with Gasteiger partial charge >= 0.3 is 0 Å². The highest BCUT2D eigenvalue weighted by Crippen LogP contribution is 2.34. The lowest BCUT2D eigenvalue weighted by Crippen LogP contribution is -2.10. The van der Waals surface area contributed by atoms with Gasteiger partial charge in [0.2, 0.25) is 12.7 Å². The van der Waals surface area contributed by atoms with E-state index in [9.17, 15) is 4.79 Å². The van der Waals surface area contributed by atoms with E-state index in [4.69, 9.17) is 14.2 Å². The third-order valence-corrected chi connectivity index (χ3v) is 4.14. The van der Waals surface area contributed by atoms with Crippen molar-refractivity contribution in [1.29, 1.82) is 0 Å². The number of anilines is 2. The van der Waals surface area contributed by atoms with Gasteiger partial charge in [-0.05, 0) is 36.3 Å². The lowest BCUT2D eigenvalue weighted by molar-refractivity contribution is -0.111. The Hall–Kier alpha value is -3.15. The first-order chi connectivity index (χ1) is 13.4. The maximum atomic E-state index is 12.3. The van der Waals surface area contributed by atoms with Gasteiger partial charge in [-0.2, -0.15) is 0 Å². The van der Waals surface area contributed by atoms with Crippen molar-refractivity contribution in [2.45, 2.75) is 13.8 Å². The normalized spacial score (nSPS) is 12.5. The fraction of sp³-hybridized carbons (Fsp3) is 0.318. The fourth-order valence-corrected chi connectivity index (χ4v) is 2.64. The van der Waals surface area contributed by atoms with Crippen molar-refractivity contribution in [1.82, 2.24) is 0 Å². The molecule has 1 aliphatic rings. The van der Waals surface area contributed by atoms with E-state index < -0.39 is 0 Å². The van der Waals surface area contributed by atoms with Gasteiger partial charge < -0.3 is 24.4 Å². The molecule has 0 aliphatic carbocycles. The van der Waals surface area contributed by atoms with Crippen LogP contribution >= 0.6 is 0 Å². The molecule has 0 spiro atoms. The highest BCUT2D eigenvalue weighted by Gasteiger charge is 2.13. The second-order valence-corrected chi connectivity index (χ2v) is 7.21. The molecular formula is C22H26N2O4. The van der Waals surface area contributed by atoms with E-state index in [1.165, 1.54) is 6.08 Å². The minimum atomic E-state index is -0.231. The van der Waals surface area contributed by atoms with Gasteiger partial charge in [-0.15, -0.1) is 0 Å². The quantitative estimate of drug-likeness (QED) is 0.729. The van der Waals surface area contributed by atoms with Gasteiger partial charge in [0, 0.05) is 49.2 Å². The zero-order valence-corrected chi connectivity index (χ0v) is 16.7. The van der Waals surface area contributed by atoms with E-state index in [2.05, 4.69) is 19.2 Å². The van der Waals surface area contributed by atoms with Crippen LogP contribution in [0.3, 0.4) is 0 Å². The first-order valence-electron chi connectivity index (χ1n) is 9.25. The number of nitrogens with one attached hydrogen (secondary N) is 1. The summed E-state index contributed by atoms with van der Waals surface area (Å²) in [5, 5.41) is 2.83. The van der Waals surface area contributed by atoms with Crippen molar-refractivity contribution >= 4 is 23.4 Å². The minimum absolute atomic E-state index is 0.203. The van der Waals surface area contributed by atoms with Gasteiger partial charge in [0.05, 0.1) is 6.61 Å². The maximum Gasteiger partial charge on any atom is 0.248 e. The van der Waals surface area contributed by atoms with Crippen molar-refractivity contribution < 1.29 is 19.0 Å². The number of carbonyl (C=O) groups is 1. The molecule has 0 fully saturated rings. The summed E-state index contributed by atoms with van der Waals surface area (Å²) in [5.74, 6) is 2.25. The molecule has 0 unspecified atom stereocenters. The predicted octanol–water partition coefficient (Wildman–Crippen LogP) is 4.17.